The molecule has 1 aliphatic rings. The van der Waals surface area contributed by atoms with E-state index in [-0.39, 0.29) is 4.90 Å². The number of piperazine rings is 1. The van der Waals surface area contributed by atoms with Gasteiger partial charge in [0.05, 0.1) is 17.7 Å². The largest absolute Gasteiger partial charge is 0.497 e. The first kappa shape index (κ1) is 16.7. The van der Waals surface area contributed by atoms with E-state index in [4.69, 9.17) is 4.74 Å². The molecule has 1 fully saturated rings. The Balaban J connectivity index is 1.72. The number of hydrogen-bond acceptors (Lipinski definition) is 6. The number of methoxy groups -OCH3 is 1. The maximum absolute atomic E-state index is 12.8. The second kappa shape index (κ2) is 6.74. The predicted molar refractivity (Wildman–Crippen MR) is 90.7 cm³/mol. The maximum Gasteiger partial charge on any atom is 0.243 e. The summed E-state index contributed by atoms with van der Waals surface area (Å²) in [6, 6.07) is 10.4. The predicted octanol–water partition coefficient (Wildman–Crippen LogP) is 1.30. The van der Waals surface area contributed by atoms with Gasteiger partial charge in [0.1, 0.15) is 5.75 Å². The monoisotopic (exact) mass is 348 g/mol. The summed E-state index contributed by atoms with van der Waals surface area (Å²) in [4.78, 5) is 2.30. The van der Waals surface area contributed by atoms with Gasteiger partial charge in [0.15, 0.2) is 5.82 Å². The zero-order chi connectivity index (χ0) is 17.2. The lowest BCUT2D eigenvalue weighted by atomic mass is 10.3. The van der Waals surface area contributed by atoms with E-state index in [0.29, 0.717) is 31.9 Å². The summed E-state index contributed by atoms with van der Waals surface area (Å²) in [5.74, 6) is 1.31. The van der Waals surface area contributed by atoms with Crippen LogP contribution in [0.2, 0.25) is 0 Å². The molecule has 0 bridgehead atoms. The maximum atomic E-state index is 12.8. The lowest BCUT2D eigenvalue weighted by Gasteiger charge is -2.34. The summed E-state index contributed by atoms with van der Waals surface area (Å²) in [6.45, 7) is 3.88. The fraction of sp³-hybridized carbons (Fsp3) is 0.375. The first-order chi connectivity index (χ1) is 11.5. The highest BCUT2D eigenvalue weighted by atomic mass is 32.2. The van der Waals surface area contributed by atoms with Gasteiger partial charge in [-0.05, 0) is 31.2 Å². The lowest BCUT2D eigenvalue weighted by molar-refractivity contribution is 0.382. The Bertz CT molecular complexity index is 800. The highest BCUT2D eigenvalue weighted by Crippen LogP contribution is 2.22. The van der Waals surface area contributed by atoms with E-state index in [1.807, 2.05) is 24.0 Å². The Morgan fingerprint density at radius 1 is 1.04 bits per heavy atom. The fourth-order valence-electron chi connectivity index (χ4n) is 2.63. The van der Waals surface area contributed by atoms with Crippen molar-refractivity contribution in [2.24, 2.45) is 0 Å². The van der Waals surface area contributed by atoms with Crippen LogP contribution in [0.15, 0.2) is 41.3 Å². The van der Waals surface area contributed by atoms with Gasteiger partial charge >= 0.3 is 0 Å². The highest BCUT2D eigenvalue weighted by molar-refractivity contribution is 7.89. The molecular formula is C16H20N4O3S. The van der Waals surface area contributed by atoms with Crippen LogP contribution < -0.4 is 9.64 Å². The Morgan fingerprint density at radius 2 is 1.79 bits per heavy atom. The lowest BCUT2D eigenvalue weighted by Crippen LogP contribution is -2.49. The van der Waals surface area contributed by atoms with E-state index in [0.717, 1.165) is 11.5 Å². The number of sulfonamides is 1. The second-order valence-corrected chi connectivity index (χ2v) is 7.54. The van der Waals surface area contributed by atoms with Gasteiger partial charge in [0.25, 0.3) is 0 Å². The minimum Gasteiger partial charge on any atom is -0.497 e. The van der Waals surface area contributed by atoms with E-state index < -0.39 is 10.0 Å². The van der Waals surface area contributed by atoms with Crippen molar-refractivity contribution in [2.45, 2.75) is 11.8 Å². The zero-order valence-corrected chi connectivity index (χ0v) is 14.5. The first-order valence-electron chi connectivity index (χ1n) is 7.70. The van der Waals surface area contributed by atoms with Crippen LogP contribution in [0.5, 0.6) is 5.75 Å². The van der Waals surface area contributed by atoms with Crippen LogP contribution in [0.25, 0.3) is 0 Å². The molecule has 2 heterocycles. The van der Waals surface area contributed by atoms with Crippen molar-refractivity contribution in [3.63, 3.8) is 0 Å². The van der Waals surface area contributed by atoms with Gasteiger partial charge in [0, 0.05) is 32.2 Å². The van der Waals surface area contributed by atoms with Crippen molar-refractivity contribution in [3.05, 3.63) is 42.1 Å². The number of ether oxygens (including phenoxy) is 1. The normalized spacial score (nSPS) is 16.2. The molecule has 24 heavy (non-hydrogen) atoms. The number of hydrogen-bond donors (Lipinski definition) is 0. The van der Waals surface area contributed by atoms with E-state index in [9.17, 15) is 8.42 Å². The number of rotatable bonds is 4. The Hall–Kier alpha value is -2.19. The van der Waals surface area contributed by atoms with Gasteiger partial charge < -0.3 is 9.64 Å². The molecule has 0 saturated carbocycles. The summed E-state index contributed by atoms with van der Waals surface area (Å²) in [7, 11) is -2.00. The Kier molecular flexibility index (Phi) is 4.68. The van der Waals surface area contributed by atoms with Crippen LogP contribution in [0.3, 0.4) is 0 Å². The molecule has 7 nitrogen and oxygen atoms in total. The van der Waals surface area contributed by atoms with E-state index in [1.54, 1.807) is 24.3 Å². The Morgan fingerprint density at radius 3 is 2.42 bits per heavy atom. The number of anilines is 1. The molecule has 0 aliphatic carbocycles. The van der Waals surface area contributed by atoms with Gasteiger partial charge in [0.2, 0.25) is 10.0 Å². The van der Waals surface area contributed by atoms with Crippen LogP contribution >= 0.6 is 0 Å². The van der Waals surface area contributed by atoms with Crippen LogP contribution in [0.1, 0.15) is 5.69 Å². The van der Waals surface area contributed by atoms with Gasteiger partial charge in [-0.25, -0.2) is 8.42 Å². The average molecular weight is 348 g/mol. The summed E-state index contributed by atoms with van der Waals surface area (Å²) >= 11 is 0. The molecule has 1 aromatic carbocycles. The van der Waals surface area contributed by atoms with Crippen molar-refractivity contribution in [1.82, 2.24) is 14.5 Å². The third kappa shape index (κ3) is 3.34. The molecule has 8 heteroatoms. The number of benzene rings is 1. The number of nitrogens with zero attached hydrogens (tertiary/aromatic N) is 4. The molecule has 3 rings (SSSR count). The number of aryl methyl sites for hydroxylation is 1. The minimum absolute atomic E-state index is 0.255. The molecular weight excluding hydrogens is 328 g/mol. The molecule has 128 valence electrons. The third-order valence-electron chi connectivity index (χ3n) is 4.03. The van der Waals surface area contributed by atoms with Crippen LogP contribution in [0, 0.1) is 6.92 Å². The highest BCUT2D eigenvalue weighted by Gasteiger charge is 2.29. The van der Waals surface area contributed by atoms with Gasteiger partial charge in [-0.2, -0.15) is 9.40 Å². The van der Waals surface area contributed by atoms with Crippen molar-refractivity contribution in [2.75, 3.05) is 38.2 Å². The standard InChI is InChI=1S/C16H20N4O3S/c1-13-6-7-16(18-17-13)19-8-10-20(11-9-19)24(21,22)15-5-3-4-14(12-15)23-2/h3-7,12H,8-11H2,1-2H3. The molecule has 0 radical (unpaired) electrons. The molecule has 1 aromatic heterocycles. The van der Waals surface area contributed by atoms with Gasteiger partial charge in [-0.1, -0.05) is 6.07 Å². The summed E-state index contributed by atoms with van der Waals surface area (Å²) in [6.07, 6.45) is 0. The second-order valence-electron chi connectivity index (χ2n) is 5.60. The van der Waals surface area contributed by atoms with Crippen molar-refractivity contribution < 1.29 is 13.2 Å². The van der Waals surface area contributed by atoms with Crippen LogP contribution in [-0.2, 0) is 10.0 Å². The van der Waals surface area contributed by atoms with E-state index in [2.05, 4.69) is 10.2 Å². The molecule has 0 amide bonds. The molecule has 1 saturated heterocycles. The molecule has 1 aliphatic heterocycles. The molecule has 0 spiro atoms. The third-order valence-corrected chi connectivity index (χ3v) is 5.92. The SMILES string of the molecule is COc1cccc(S(=O)(=O)N2CCN(c3ccc(C)nn3)CC2)c1. The van der Waals surface area contributed by atoms with Gasteiger partial charge in [-0.15, -0.1) is 5.10 Å². The Labute approximate surface area is 141 Å². The smallest absolute Gasteiger partial charge is 0.243 e. The first-order valence-corrected chi connectivity index (χ1v) is 9.14. The summed E-state index contributed by atoms with van der Waals surface area (Å²) < 4.78 is 32.1. The minimum atomic E-state index is -3.52. The van der Waals surface area contributed by atoms with Crippen LogP contribution in [-0.4, -0.2) is 56.2 Å². The molecule has 0 atom stereocenters. The van der Waals surface area contributed by atoms with Crippen LogP contribution in [0.4, 0.5) is 5.82 Å². The van der Waals surface area contributed by atoms with Crippen molar-refractivity contribution in [1.29, 1.82) is 0 Å². The summed E-state index contributed by atoms with van der Waals surface area (Å²) in [5, 5.41) is 8.21. The molecule has 2 aromatic rings. The number of aromatic nitrogens is 2. The van der Waals surface area contributed by atoms with E-state index in [1.165, 1.54) is 11.4 Å². The molecule has 0 N–H and O–H groups in total. The van der Waals surface area contributed by atoms with Crippen molar-refractivity contribution in [3.8, 4) is 5.75 Å². The average Bonchev–Trinajstić information content (AvgIpc) is 2.62. The topological polar surface area (TPSA) is 75.6 Å². The molecule has 0 unspecified atom stereocenters. The zero-order valence-electron chi connectivity index (χ0n) is 13.7. The van der Waals surface area contributed by atoms with Crippen molar-refractivity contribution >= 4 is 15.8 Å². The van der Waals surface area contributed by atoms with Gasteiger partial charge in [-0.3, -0.25) is 0 Å². The quantitative estimate of drug-likeness (QED) is 0.829. The summed E-state index contributed by atoms with van der Waals surface area (Å²) in [5.41, 5.74) is 0.859. The fourth-order valence-corrected chi connectivity index (χ4v) is 4.09. The van der Waals surface area contributed by atoms with E-state index >= 15 is 0 Å².